The zero-order chi connectivity index (χ0) is 20.5. The average molecular weight is 400 g/mol. The Kier molecular flexibility index (Phi) is 4.67. The van der Waals surface area contributed by atoms with Crippen LogP contribution in [0.2, 0.25) is 0 Å². The van der Waals surface area contributed by atoms with Gasteiger partial charge in [0.1, 0.15) is 17.2 Å². The Bertz CT molecular complexity index is 1200. The van der Waals surface area contributed by atoms with E-state index >= 15 is 0 Å². The molecule has 2 aromatic heterocycles. The van der Waals surface area contributed by atoms with Crippen molar-refractivity contribution in [2.45, 2.75) is 0 Å². The maximum Gasteiger partial charge on any atom is 0.274 e. The van der Waals surface area contributed by atoms with Crippen LogP contribution in [0.5, 0.6) is 0 Å². The molecular formula is C24H21FN4O. The predicted molar refractivity (Wildman–Crippen MR) is 115 cm³/mol. The molecule has 150 valence electrons. The van der Waals surface area contributed by atoms with E-state index in [2.05, 4.69) is 17.1 Å². The van der Waals surface area contributed by atoms with Gasteiger partial charge in [-0.2, -0.15) is 0 Å². The second-order valence-electron chi connectivity index (χ2n) is 7.41. The van der Waals surface area contributed by atoms with Crippen molar-refractivity contribution in [3.05, 3.63) is 90.6 Å². The molecule has 1 aliphatic rings. The van der Waals surface area contributed by atoms with Gasteiger partial charge in [-0.25, -0.2) is 9.37 Å². The minimum Gasteiger partial charge on any atom is -0.366 e. The Morgan fingerprint density at radius 3 is 2.30 bits per heavy atom. The van der Waals surface area contributed by atoms with Gasteiger partial charge < -0.3 is 14.2 Å². The van der Waals surface area contributed by atoms with Crippen LogP contribution in [0.15, 0.2) is 79.1 Å². The molecule has 5 rings (SSSR count). The average Bonchev–Trinajstić information content (AvgIpc) is 3.23. The number of para-hydroxylation sites is 1. The number of nitrogens with zero attached hydrogens (tertiary/aromatic N) is 4. The molecular weight excluding hydrogens is 379 g/mol. The smallest absolute Gasteiger partial charge is 0.274 e. The molecule has 0 atom stereocenters. The van der Waals surface area contributed by atoms with Gasteiger partial charge in [-0.05, 0) is 35.4 Å². The van der Waals surface area contributed by atoms with Crippen molar-refractivity contribution >= 4 is 17.2 Å². The highest BCUT2D eigenvalue weighted by molar-refractivity contribution is 5.93. The predicted octanol–water partition coefficient (Wildman–Crippen LogP) is 4.10. The summed E-state index contributed by atoms with van der Waals surface area (Å²) in [5, 5.41) is 0. The maximum atomic E-state index is 14.0. The number of fused-ring (bicyclic) bond motifs is 1. The molecule has 0 radical (unpaired) electrons. The summed E-state index contributed by atoms with van der Waals surface area (Å²) >= 11 is 0. The van der Waals surface area contributed by atoms with Crippen molar-refractivity contribution in [1.29, 1.82) is 0 Å². The normalized spacial score (nSPS) is 14.3. The topological polar surface area (TPSA) is 40.9 Å². The van der Waals surface area contributed by atoms with Gasteiger partial charge in [0.15, 0.2) is 0 Å². The second-order valence-corrected chi connectivity index (χ2v) is 7.41. The van der Waals surface area contributed by atoms with E-state index in [1.54, 1.807) is 23.2 Å². The van der Waals surface area contributed by atoms with Crippen LogP contribution < -0.4 is 4.90 Å². The molecule has 0 spiro atoms. The molecule has 0 aliphatic carbocycles. The summed E-state index contributed by atoms with van der Waals surface area (Å²) in [6, 6.07) is 20.8. The molecule has 0 unspecified atom stereocenters. The van der Waals surface area contributed by atoms with Gasteiger partial charge in [-0.15, -0.1) is 0 Å². The molecule has 5 nitrogen and oxygen atoms in total. The Labute approximate surface area is 174 Å². The van der Waals surface area contributed by atoms with Crippen molar-refractivity contribution < 1.29 is 9.18 Å². The van der Waals surface area contributed by atoms with Crippen LogP contribution in [0.3, 0.4) is 0 Å². The van der Waals surface area contributed by atoms with E-state index < -0.39 is 0 Å². The summed E-state index contributed by atoms with van der Waals surface area (Å²) in [7, 11) is 0. The lowest BCUT2D eigenvalue weighted by atomic mass is 10.1. The quantitative estimate of drug-likeness (QED) is 0.520. The van der Waals surface area contributed by atoms with Gasteiger partial charge in [0.25, 0.3) is 5.91 Å². The third-order valence-electron chi connectivity index (χ3n) is 5.54. The minimum absolute atomic E-state index is 0.0897. The summed E-state index contributed by atoms with van der Waals surface area (Å²) in [6.45, 7) is 2.27. The number of anilines is 1. The number of rotatable bonds is 3. The van der Waals surface area contributed by atoms with Crippen molar-refractivity contribution in [2.24, 2.45) is 0 Å². The molecule has 1 aliphatic heterocycles. The molecule has 0 saturated carbocycles. The first-order valence-electron chi connectivity index (χ1n) is 10.0. The van der Waals surface area contributed by atoms with Gasteiger partial charge >= 0.3 is 0 Å². The lowest BCUT2D eigenvalue weighted by molar-refractivity contribution is 0.0741. The second kappa shape index (κ2) is 7.63. The zero-order valence-electron chi connectivity index (χ0n) is 16.4. The van der Waals surface area contributed by atoms with E-state index in [0.29, 0.717) is 37.6 Å². The van der Waals surface area contributed by atoms with Crippen LogP contribution in [0, 0.1) is 5.82 Å². The highest BCUT2D eigenvalue weighted by atomic mass is 19.1. The van der Waals surface area contributed by atoms with Crippen molar-refractivity contribution in [1.82, 2.24) is 14.3 Å². The van der Waals surface area contributed by atoms with Crippen LogP contribution in [0.1, 0.15) is 10.5 Å². The van der Waals surface area contributed by atoms with E-state index in [0.717, 1.165) is 16.8 Å². The van der Waals surface area contributed by atoms with Gasteiger partial charge in [0.2, 0.25) is 0 Å². The molecule has 1 fully saturated rings. The number of halogens is 1. The van der Waals surface area contributed by atoms with Gasteiger partial charge in [0.05, 0.1) is 5.69 Å². The fraction of sp³-hybridized carbons (Fsp3) is 0.167. The van der Waals surface area contributed by atoms with E-state index in [1.807, 2.05) is 51.9 Å². The summed E-state index contributed by atoms with van der Waals surface area (Å²) in [5.74, 6) is -0.319. The zero-order valence-corrected chi connectivity index (χ0v) is 16.4. The van der Waals surface area contributed by atoms with E-state index in [9.17, 15) is 9.18 Å². The van der Waals surface area contributed by atoms with Gasteiger partial charge in [-0.3, -0.25) is 4.79 Å². The molecule has 4 aromatic rings. The standard InChI is InChI=1S/C24H21FN4O/c25-20-8-4-5-9-22(20)27-12-14-28(15-13-27)24(30)21-17-29-16-19(10-11-23(29)26-21)18-6-2-1-3-7-18/h1-11,16-17H,12-15H2. The van der Waals surface area contributed by atoms with Crippen molar-refractivity contribution in [2.75, 3.05) is 31.1 Å². The minimum atomic E-state index is -0.230. The van der Waals surface area contributed by atoms with Crippen LogP contribution in [0.25, 0.3) is 16.8 Å². The number of pyridine rings is 1. The summed E-state index contributed by atoms with van der Waals surface area (Å²) in [5.41, 5.74) is 3.94. The molecule has 30 heavy (non-hydrogen) atoms. The fourth-order valence-electron chi connectivity index (χ4n) is 3.92. The molecule has 1 saturated heterocycles. The summed E-state index contributed by atoms with van der Waals surface area (Å²) in [6.07, 6.45) is 3.78. The number of benzene rings is 2. The first-order valence-corrected chi connectivity index (χ1v) is 10.0. The first-order chi connectivity index (χ1) is 14.7. The van der Waals surface area contributed by atoms with Crippen LogP contribution in [0.4, 0.5) is 10.1 Å². The third-order valence-corrected chi connectivity index (χ3v) is 5.54. The van der Waals surface area contributed by atoms with Gasteiger partial charge in [-0.1, -0.05) is 42.5 Å². The maximum absolute atomic E-state index is 14.0. The lowest BCUT2D eigenvalue weighted by Gasteiger charge is -2.35. The molecule has 0 N–H and O–H groups in total. The number of carbonyl (C=O) groups is 1. The number of amides is 1. The van der Waals surface area contributed by atoms with Gasteiger partial charge in [0, 0.05) is 38.6 Å². The molecule has 2 aromatic carbocycles. The van der Waals surface area contributed by atoms with Crippen LogP contribution >= 0.6 is 0 Å². The molecule has 6 heteroatoms. The number of piperazine rings is 1. The lowest BCUT2D eigenvalue weighted by Crippen LogP contribution is -2.49. The number of aromatic nitrogens is 2. The van der Waals surface area contributed by atoms with Crippen LogP contribution in [-0.2, 0) is 0 Å². The molecule has 0 bridgehead atoms. The Hall–Kier alpha value is -3.67. The summed E-state index contributed by atoms with van der Waals surface area (Å²) in [4.78, 5) is 21.3. The third kappa shape index (κ3) is 3.41. The number of hydrogen-bond acceptors (Lipinski definition) is 3. The van der Waals surface area contributed by atoms with E-state index in [4.69, 9.17) is 0 Å². The summed E-state index contributed by atoms with van der Waals surface area (Å²) < 4.78 is 15.9. The number of carbonyl (C=O) groups excluding carboxylic acids is 1. The van der Waals surface area contributed by atoms with E-state index in [1.165, 1.54) is 6.07 Å². The number of hydrogen-bond donors (Lipinski definition) is 0. The SMILES string of the molecule is O=C(c1cn2cc(-c3ccccc3)ccc2n1)N1CCN(c2ccccc2F)CC1. The van der Waals surface area contributed by atoms with E-state index in [-0.39, 0.29) is 11.7 Å². The Morgan fingerprint density at radius 2 is 1.53 bits per heavy atom. The fourth-order valence-corrected chi connectivity index (χ4v) is 3.92. The first kappa shape index (κ1) is 18.4. The largest absolute Gasteiger partial charge is 0.366 e. The van der Waals surface area contributed by atoms with Crippen LogP contribution in [-0.4, -0.2) is 46.4 Å². The molecule has 1 amide bonds. The Balaban J connectivity index is 1.32. The van der Waals surface area contributed by atoms with Crippen molar-refractivity contribution in [3.8, 4) is 11.1 Å². The van der Waals surface area contributed by atoms with Crippen molar-refractivity contribution in [3.63, 3.8) is 0 Å². The Morgan fingerprint density at radius 1 is 0.800 bits per heavy atom. The highest BCUT2D eigenvalue weighted by Gasteiger charge is 2.25. The number of imidazole rings is 1. The monoisotopic (exact) mass is 400 g/mol. The molecule has 3 heterocycles. The highest BCUT2D eigenvalue weighted by Crippen LogP contribution is 2.22.